The highest BCUT2D eigenvalue weighted by atomic mass is 32.2. The lowest BCUT2D eigenvalue weighted by Crippen LogP contribution is -2.34. The van der Waals surface area contributed by atoms with Crippen LogP contribution in [0.3, 0.4) is 0 Å². The van der Waals surface area contributed by atoms with E-state index in [1.54, 1.807) is 18.2 Å². The first-order valence-corrected chi connectivity index (χ1v) is 9.09. The summed E-state index contributed by atoms with van der Waals surface area (Å²) in [6, 6.07) is 10.5. The van der Waals surface area contributed by atoms with E-state index in [4.69, 9.17) is 0 Å². The summed E-state index contributed by atoms with van der Waals surface area (Å²) in [6.45, 7) is 0. The molecule has 7 heteroatoms. The van der Waals surface area contributed by atoms with Gasteiger partial charge in [-0.3, -0.25) is 4.79 Å². The Kier molecular flexibility index (Phi) is 3.26. The van der Waals surface area contributed by atoms with Crippen molar-refractivity contribution in [1.82, 2.24) is 4.72 Å². The van der Waals surface area contributed by atoms with Crippen molar-refractivity contribution >= 4 is 21.6 Å². The van der Waals surface area contributed by atoms with Gasteiger partial charge in [0.15, 0.2) is 0 Å². The molecule has 1 heterocycles. The molecule has 0 aromatic heterocycles. The summed E-state index contributed by atoms with van der Waals surface area (Å²) in [4.78, 5) is 11.5. The number of sulfonamides is 1. The van der Waals surface area contributed by atoms with E-state index in [1.807, 2.05) is 0 Å². The van der Waals surface area contributed by atoms with Crippen molar-refractivity contribution in [3.63, 3.8) is 0 Å². The number of hydrogen-bond acceptors (Lipinski definition) is 3. The van der Waals surface area contributed by atoms with Crippen molar-refractivity contribution in [3.8, 4) is 0 Å². The third-order valence-corrected chi connectivity index (χ3v) is 6.02. The van der Waals surface area contributed by atoms with Crippen LogP contribution >= 0.6 is 0 Å². The minimum atomic E-state index is -3.74. The number of hydrogen-bond donors (Lipinski definition) is 2. The number of anilines is 1. The van der Waals surface area contributed by atoms with Gasteiger partial charge in [0.05, 0.1) is 16.9 Å². The van der Waals surface area contributed by atoms with Gasteiger partial charge in [0.25, 0.3) is 0 Å². The summed E-state index contributed by atoms with van der Waals surface area (Å²) in [7, 11) is -3.74. The van der Waals surface area contributed by atoms with E-state index in [-0.39, 0.29) is 23.0 Å². The van der Waals surface area contributed by atoms with E-state index in [0.29, 0.717) is 24.1 Å². The normalized spacial score (nSPS) is 18.1. The molecule has 5 nitrogen and oxygen atoms in total. The Balaban J connectivity index is 1.63. The molecule has 0 saturated heterocycles. The molecule has 2 aromatic rings. The summed E-state index contributed by atoms with van der Waals surface area (Å²) in [5, 5.41) is 2.68. The second kappa shape index (κ2) is 5.12. The lowest BCUT2D eigenvalue weighted by Gasteiger charge is -2.18. The van der Waals surface area contributed by atoms with Crippen LogP contribution in [0.2, 0.25) is 0 Å². The molecule has 0 radical (unpaired) electrons. The molecule has 0 spiro atoms. The summed E-state index contributed by atoms with van der Waals surface area (Å²) < 4.78 is 41.3. The van der Waals surface area contributed by atoms with Crippen LogP contribution in [0.1, 0.15) is 24.0 Å². The fourth-order valence-corrected chi connectivity index (χ4v) is 4.53. The third-order valence-electron chi connectivity index (χ3n) is 4.49. The molecule has 1 aliphatic carbocycles. The van der Waals surface area contributed by atoms with Crippen molar-refractivity contribution in [1.29, 1.82) is 0 Å². The standard InChI is InChI=1S/C17H15FN2O3S/c18-13-3-1-12(2-4-13)17(7-8-17)20-24(22,23)14-5-6-15-11(9-14)10-16(21)19-15/h1-6,9,20H,7-8,10H2,(H,19,21). The number of nitrogens with one attached hydrogen (secondary N) is 2. The average molecular weight is 346 g/mol. The molecule has 0 bridgehead atoms. The molecule has 0 atom stereocenters. The van der Waals surface area contributed by atoms with Gasteiger partial charge in [-0.1, -0.05) is 12.1 Å². The Hall–Kier alpha value is -2.25. The van der Waals surface area contributed by atoms with Crippen molar-refractivity contribution in [2.24, 2.45) is 0 Å². The van der Waals surface area contributed by atoms with E-state index < -0.39 is 15.6 Å². The monoisotopic (exact) mass is 346 g/mol. The van der Waals surface area contributed by atoms with Crippen LogP contribution in [-0.2, 0) is 26.8 Å². The first kappa shape index (κ1) is 15.3. The number of amides is 1. The molecule has 1 saturated carbocycles. The minimum Gasteiger partial charge on any atom is -0.326 e. The first-order valence-electron chi connectivity index (χ1n) is 7.61. The van der Waals surface area contributed by atoms with Gasteiger partial charge in [0, 0.05) is 5.69 Å². The number of benzene rings is 2. The molecule has 124 valence electrons. The van der Waals surface area contributed by atoms with E-state index in [1.165, 1.54) is 24.3 Å². The zero-order valence-electron chi connectivity index (χ0n) is 12.7. The van der Waals surface area contributed by atoms with E-state index >= 15 is 0 Å². The van der Waals surface area contributed by atoms with Crippen LogP contribution in [0.25, 0.3) is 0 Å². The van der Waals surface area contributed by atoms with Gasteiger partial charge in [-0.2, -0.15) is 0 Å². The second-order valence-corrected chi connectivity index (χ2v) is 7.92. The van der Waals surface area contributed by atoms with E-state index in [9.17, 15) is 17.6 Å². The molecular formula is C17H15FN2O3S. The van der Waals surface area contributed by atoms with Gasteiger partial charge in [-0.15, -0.1) is 0 Å². The van der Waals surface area contributed by atoms with Gasteiger partial charge in [-0.25, -0.2) is 17.5 Å². The van der Waals surface area contributed by atoms with Crippen LogP contribution < -0.4 is 10.0 Å². The highest BCUT2D eigenvalue weighted by molar-refractivity contribution is 7.89. The number of fused-ring (bicyclic) bond motifs is 1. The largest absolute Gasteiger partial charge is 0.326 e. The van der Waals surface area contributed by atoms with Gasteiger partial charge in [0.1, 0.15) is 5.82 Å². The number of halogens is 1. The van der Waals surface area contributed by atoms with Crippen molar-refractivity contribution in [2.45, 2.75) is 29.7 Å². The summed E-state index contributed by atoms with van der Waals surface area (Å²) in [5.41, 5.74) is 1.41. The Morgan fingerprint density at radius 3 is 2.46 bits per heavy atom. The fourth-order valence-electron chi connectivity index (χ4n) is 3.03. The molecule has 2 aliphatic rings. The van der Waals surface area contributed by atoms with Crippen molar-refractivity contribution in [2.75, 3.05) is 5.32 Å². The maximum Gasteiger partial charge on any atom is 0.241 e. The summed E-state index contributed by atoms with van der Waals surface area (Å²) in [5.74, 6) is -0.495. The van der Waals surface area contributed by atoms with Gasteiger partial charge >= 0.3 is 0 Å². The highest BCUT2D eigenvalue weighted by Gasteiger charge is 2.47. The van der Waals surface area contributed by atoms with Crippen LogP contribution in [0.5, 0.6) is 0 Å². The molecule has 4 rings (SSSR count). The number of rotatable bonds is 4. The maximum atomic E-state index is 13.1. The SMILES string of the molecule is O=C1Cc2cc(S(=O)(=O)NC3(c4ccc(F)cc4)CC3)ccc2N1. The molecular weight excluding hydrogens is 331 g/mol. The first-order chi connectivity index (χ1) is 11.4. The predicted octanol–water partition coefficient (Wildman–Crippen LogP) is 2.29. The van der Waals surface area contributed by atoms with Crippen molar-refractivity contribution in [3.05, 3.63) is 59.4 Å². The molecule has 2 N–H and O–H groups in total. The Morgan fingerprint density at radius 2 is 1.79 bits per heavy atom. The average Bonchev–Trinajstić information content (AvgIpc) is 3.19. The summed E-state index contributed by atoms with van der Waals surface area (Å²) >= 11 is 0. The molecule has 1 fully saturated rings. The smallest absolute Gasteiger partial charge is 0.241 e. The summed E-state index contributed by atoms with van der Waals surface area (Å²) in [6.07, 6.45) is 1.52. The quantitative estimate of drug-likeness (QED) is 0.892. The predicted molar refractivity (Wildman–Crippen MR) is 86.4 cm³/mol. The maximum absolute atomic E-state index is 13.1. The zero-order chi connectivity index (χ0) is 16.9. The number of carbonyl (C=O) groups is 1. The fraction of sp³-hybridized carbons (Fsp3) is 0.235. The Bertz CT molecular complexity index is 935. The van der Waals surface area contributed by atoms with E-state index in [2.05, 4.69) is 10.0 Å². The van der Waals surface area contributed by atoms with Gasteiger partial charge in [0.2, 0.25) is 15.9 Å². The van der Waals surface area contributed by atoms with Crippen LogP contribution in [0, 0.1) is 5.82 Å². The molecule has 0 unspecified atom stereocenters. The molecule has 24 heavy (non-hydrogen) atoms. The number of carbonyl (C=O) groups excluding carboxylic acids is 1. The Labute approximate surface area is 138 Å². The third kappa shape index (κ3) is 2.59. The lowest BCUT2D eigenvalue weighted by atomic mass is 10.1. The van der Waals surface area contributed by atoms with Gasteiger partial charge < -0.3 is 5.32 Å². The zero-order valence-corrected chi connectivity index (χ0v) is 13.5. The van der Waals surface area contributed by atoms with Gasteiger partial charge in [-0.05, 0) is 54.3 Å². The molecule has 1 amide bonds. The Morgan fingerprint density at radius 1 is 1.08 bits per heavy atom. The molecule has 2 aromatic carbocycles. The van der Waals surface area contributed by atoms with E-state index in [0.717, 1.165) is 5.56 Å². The highest BCUT2D eigenvalue weighted by Crippen LogP contribution is 2.46. The minimum absolute atomic E-state index is 0.131. The van der Waals surface area contributed by atoms with Crippen LogP contribution in [-0.4, -0.2) is 14.3 Å². The topological polar surface area (TPSA) is 75.3 Å². The van der Waals surface area contributed by atoms with Crippen molar-refractivity contribution < 1.29 is 17.6 Å². The molecule has 1 aliphatic heterocycles. The lowest BCUT2D eigenvalue weighted by molar-refractivity contribution is -0.115. The van der Waals surface area contributed by atoms with Crippen LogP contribution in [0.15, 0.2) is 47.4 Å². The second-order valence-electron chi connectivity index (χ2n) is 6.24. The van der Waals surface area contributed by atoms with Crippen LogP contribution in [0.4, 0.5) is 10.1 Å².